The molecule has 124 valence electrons. The Balaban J connectivity index is 0.000000240. The average molecular weight is 330 g/mol. The Labute approximate surface area is 123 Å². The quantitative estimate of drug-likeness (QED) is 0.421. The minimum atomic E-state index is -6.09. The fourth-order valence-electron chi connectivity index (χ4n) is 2.79. The van der Waals surface area contributed by atoms with Gasteiger partial charge in [-0.25, -0.2) is 13.4 Å². The molecule has 2 rings (SSSR count). The highest BCUT2D eigenvalue weighted by atomic mass is 32.2. The minimum Gasteiger partial charge on any atom is -0.741 e. The number of fused-ring (bicyclic) bond motifs is 1. The standard InChI is InChI=1S/C11H21N2.CHF3O3S/c1-2-13-9-5-3-4-7-11(13)12-8-6-10-13;2-1(3,4)8(5,6)7/h2-10H2,1H3;(H,5,6,7)/q+1;/p-1. The second-order valence-corrected chi connectivity index (χ2v) is 6.64. The third-order valence-electron chi connectivity index (χ3n) is 3.96. The fraction of sp³-hybridized carbons (Fsp3) is 0.917. The monoisotopic (exact) mass is 330 g/mol. The second kappa shape index (κ2) is 7.06. The van der Waals surface area contributed by atoms with Crippen molar-refractivity contribution < 1.29 is 30.6 Å². The molecule has 1 saturated heterocycles. The van der Waals surface area contributed by atoms with Crippen LogP contribution >= 0.6 is 0 Å². The predicted molar refractivity (Wildman–Crippen MR) is 71.7 cm³/mol. The number of aliphatic imine (C=N–C) groups is 1. The van der Waals surface area contributed by atoms with E-state index in [2.05, 4.69) is 6.92 Å². The van der Waals surface area contributed by atoms with Crippen LogP contribution in [0.3, 0.4) is 0 Å². The summed E-state index contributed by atoms with van der Waals surface area (Å²) in [7, 11) is -6.09. The summed E-state index contributed by atoms with van der Waals surface area (Å²) in [6.45, 7) is 7.39. The summed E-state index contributed by atoms with van der Waals surface area (Å²) < 4.78 is 60.1. The molecule has 0 aromatic rings. The Morgan fingerprint density at radius 3 is 2.29 bits per heavy atom. The minimum absolute atomic E-state index is 1.09. The van der Waals surface area contributed by atoms with E-state index in [0.29, 0.717) is 0 Å². The van der Waals surface area contributed by atoms with Crippen LogP contribution in [0, 0.1) is 0 Å². The second-order valence-electron chi connectivity index (χ2n) is 5.27. The Morgan fingerprint density at radius 1 is 1.19 bits per heavy atom. The Kier molecular flexibility index (Phi) is 6.18. The smallest absolute Gasteiger partial charge is 0.485 e. The van der Waals surface area contributed by atoms with E-state index in [1.54, 1.807) is 0 Å². The maximum atomic E-state index is 10.7. The van der Waals surface area contributed by atoms with E-state index in [4.69, 9.17) is 18.0 Å². The maximum Gasteiger partial charge on any atom is 0.485 e. The largest absolute Gasteiger partial charge is 0.741 e. The molecule has 1 atom stereocenters. The summed E-state index contributed by atoms with van der Waals surface area (Å²) in [5, 5.41) is 0. The molecule has 0 aromatic carbocycles. The number of hydrogen-bond acceptors (Lipinski definition) is 4. The molecule has 0 aliphatic carbocycles. The lowest BCUT2D eigenvalue weighted by molar-refractivity contribution is -0.843. The van der Waals surface area contributed by atoms with E-state index in [-0.39, 0.29) is 0 Å². The summed E-state index contributed by atoms with van der Waals surface area (Å²) in [6, 6.07) is 0. The molecule has 21 heavy (non-hydrogen) atoms. The van der Waals surface area contributed by atoms with E-state index < -0.39 is 15.6 Å². The number of nitrogens with zero attached hydrogens (tertiary/aromatic N) is 2. The predicted octanol–water partition coefficient (Wildman–Crippen LogP) is 2.25. The topological polar surface area (TPSA) is 69.6 Å². The Hall–Kier alpha value is -0.670. The van der Waals surface area contributed by atoms with Crippen molar-refractivity contribution in [3.05, 3.63) is 0 Å². The number of hydrogen-bond donors (Lipinski definition) is 0. The van der Waals surface area contributed by atoms with Gasteiger partial charge < -0.3 is 4.55 Å². The van der Waals surface area contributed by atoms with E-state index in [1.165, 1.54) is 62.1 Å². The van der Waals surface area contributed by atoms with Crippen LogP contribution in [0.15, 0.2) is 4.99 Å². The van der Waals surface area contributed by atoms with Crippen molar-refractivity contribution in [2.24, 2.45) is 4.99 Å². The third-order valence-corrected chi connectivity index (χ3v) is 4.53. The van der Waals surface area contributed by atoms with E-state index in [1.807, 2.05) is 0 Å². The highest BCUT2D eigenvalue weighted by Gasteiger charge is 2.37. The highest BCUT2D eigenvalue weighted by Crippen LogP contribution is 2.24. The summed E-state index contributed by atoms with van der Waals surface area (Å²) in [6.07, 6.45) is 6.77. The molecule has 0 saturated carbocycles. The summed E-state index contributed by atoms with van der Waals surface area (Å²) in [4.78, 5) is 4.74. The summed E-state index contributed by atoms with van der Waals surface area (Å²) >= 11 is 0. The van der Waals surface area contributed by atoms with Crippen LogP contribution in [-0.2, 0) is 10.1 Å². The van der Waals surface area contributed by atoms with Gasteiger partial charge in [0.05, 0.1) is 19.6 Å². The number of quaternary nitrogens is 1. The molecular formula is C12H21F3N2O3S. The van der Waals surface area contributed by atoms with Gasteiger partial charge in [-0.3, -0.25) is 4.48 Å². The molecule has 0 spiro atoms. The van der Waals surface area contributed by atoms with Gasteiger partial charge in [0.1, 0.15) is 0 Å². The van der Waals surface area contributed by atoms with E-state index >= 15 is 0 Å². The third kappa shape index (κ3) is 4.93. The Bertz CT molecular complexity index is 477. The van der Waals surface area contributed by atoms with Gasteiger partial charge in [0.25, 0.3) is 0 Å². The lowest BCUT2D eigenvalue weighted by Crippen LogP contribution is -2.55. The first-order valence-corrected chi connectivity index (χ1v) is 8.45. The van der Waals surface area contributed by atoms with Crippen molar-refractivity contribution in [1.29, 1.82) is 0 Å². The number of rotatable bonds is 1. The fourth-order valence-corrected chi connectivity index (χ4v) is 2.79. The molecule has 0 bridgehead atoms. The van der Waals surface area contributed by atoms with Gasteiger partial charge in [-0.15, -0.1) is 0 Å². The molecule has 0 amide bonds. The molecule has 1 fully saturated rings. The van der Waals surface area contributed by atoms with Gasteiger partial charge in [-0.05, 0) is 26.2 Å². The molecule has 5 nitrogen and oxygen atoms in total. The van der Waals surface area contributed by atoms with Crippen LogP contribution in [0.4, 0.5) is 13.2 Å². The zero-order valence-corrected chi connectivity index (χ0v) is 12.8. The zero-order valence-electron chi connectivity index (χ0n) is 12.0. The van der Waals surface area contributed by atoms with Crippen molar-refractivity contribution in [1.82, 2.24) is 0 Å². The van der Waals surface area contributed by atoms with E-state index in [0.717, 1.165) is 6.54 Å². The van der Waals surface area contributed by atoms with Crippen molar-refractivity contribution in [3.8, 4) is 0 Å². The van der Waals surface area contributed by atoms with Crippen molar-refractivity contribution in [3.63, 3.8) is 0 Å². The van der Waals surface area contributed by atoms with Crippen LogP contribution in [0.2, 0.25) is 0 Å². The van der Waals surface area contributed by atoms with Gasteiger partial charge in [0, 0.05) is 19.4 Å². The molecule has 1 unspecified atom stereocenters. The molecule has 2 aliphatic rings. The molecule has 0 N–H and O–H groups in total. The molecule has 0 aromatic heterocycles. The number of alkyl halides is 3. The molecule has 9 heteroatoms. The first-order valence-electron chi connectivity index (χ1n) is 7.04. The van der Waals surface area contributed by atoms with Crippen molar-refractivity contribution >= 4 is 16.0 Å². The van der Waals surface area contributed by atoms with Crippen molar-refractivity contribution in [2.45, 2.75) is 44.5 Å². The average Bonchev–Trinajstić information content (AvgIpc) is 2.59. The van der Waals surface area contributed by atoms with Crippen LogP contribution in [0.25, 0.3) is 0 Å². The van der Waals surface area contributed by atoms with Crippen LogP contribution in [0.1, 0.15) is 39.0 Å². The summed E-state index contributed by atoms with van der Waals surface area (Å²) in [5.41, 5.74) is -5.65. The first-order chi connectivity index (χ1) is 9.62. The van der Waals surface area contributed by atoms with Gasteiger partial charge in [-0.1, -0.05) is 0 Å². The zero-order chi connectivity index (χ0) is 16.1. The highest BCUT2D eigenvalue weighted by molar-refractivity contribution is 7.86. The van der Waals surface area contributed by atoms with Gasteiger partial charge in [-0.2, -0.15) is 13.2 Å². The number of amidine groups is 1. The number of halogens is 3. The van der Waals surface area contributed by atoms with Gasteiger partial charge >= 0.3 is 5.51 Å². The van der Waals surface area contributed by atoms with Crippen LogP contribution < -0.4 is 0 Å². The Morgan fingerprint density at radius 2 is 1.76 bits per heavy atom. The summed E-state index contributed by atoms with van der Waals surface area (Å²) in [5.74, 6) is 1.52. The maximum absolute atomic E-state index is 10.7. The van der Waals surface area contributed by atoms with Crippen LogP contribution in [-0.4, -0.2) is 55.0 Å². The lowest BCUT2D eigenvalue weighted by atomic mass is 10.2. The molecule has 2 aliphatic heterocycles. The van der Waals surface area contributed by atoms with Crippen molar-refractivity contribution in [2.75, 3.05) is 26.2 Å². The molecular weight excluding hydrogens is 309 g/mol. The van der Waals surface area contributed by atoms with Gasteiger partial charge in [0.2, 0.25) is 0 Å². The first kappa shape index (κ1) is 18.4. The van der Waals surface area contributed by atoms with E-state index in [9.17, 15) is 13.2 Å². The lowest BCUT2D eigenvalue weighted by Gasteiger charge is -2.39. The molecule has 2 heterocycles. The molecule has 0 radical (unpaired) electrons. The SMILES string of the molecule is CC[N+]12CCCCCC1=NCCC2.O=S(=O)([O-])C(F)(F)F. The van der Waals surface area contributed by atoms with Crippen LogP contribution in [0.5, 0.6) is 0 Å². The normalized spacial score (nSPS) is 26.8. The van der Waals surface area contributed by atoms with Gasteiger partial charge in [0.15, 0.2) is 16.0 Å².